The number of nitrogens with one attached hydrogen (secondary N) is 1. The SMILES string of the molecule is CCCNC(=S)N(CCOC)C(C)C. The number of thiocarbonyl (C=S) groups is 1. The van der Waals surface area contributed by atoms with Gasteiger partial charge in [0.15, 0.2) is 5.11 Å². The Morgan fingerprint density at radius 1 is 1.50 bits per heavy atom. The fourth-order valence-electron chi connectivity index (χ4n) is 1.12. The third-order valence-electron chi connectivity index (χ3n) is 1.95. The Bertz CT molecular complexity index is 162. The zero-order valence-electron chi connectivity index (χ0n) is 9.67. The van der Waals surface area contributed by atoms with E-state index in [4.69, 9.17) is 17.0 Å². The second-order valence-electron chi connectivity index (χ2n) is 3.51. The van der Waals surface area contributed by atoms with Crippen LogP contribution in [0.25, 0.3) is 0 Å². The Morgan fingerprint density at radius 2 is 2.14 bits per heavy atom. The lowest BCUT2D eigenvalue weighted by Gasteiger charge is -2.29. The maximum Gasteiger partial charge on any atom is 0.169 e. The molecule has 0 heterocycles. The highest BCUT2D eigenvalue weighted by Gasteiger charge is 2.11. The van der Waals surface area contributed by atoms with Gasteiger partial charge in [0.1, 0.15) is 0 Å². The van der Waals surface area contributed by atoms with E-state index in [0.717, 1.165) is 24.6 Å². The second kappa shape index (κ2) is 8.00. The molecule has 0 radical (unpaired) electrons. The Kier molecular flexibility index (Phi) is 7.80. The third-order valence-corrected chi connectivity index (χ3v) is 2.33. The first-order chi connectivity index (χ1) is 6.63. The minimum absolute atomic E-state index is 0.419. The van der Waals surface area contributed by atoms with Gasteiger partial charge in [0.2, 0.25) is 0 Å². The van der Waals surface area contributed by atoms with Crippen LogP contribution in [0.1, 0.15) is 27.2 Å². The van der Waals surface area contributed by atoms with Crippen LogP contribution in [0.15, 0.2) is 0 Å². The largest absolute Gasteiger partial charge is 0.383 e. The van der Waals surface area contributed by atoms with E-state index in [2.05, 4.69) is 31.0 Å². The molecule has 4 heteroatoms. The summed E-state index contributed by atoms with van der Waals surface area (Å²) in [5.74, 6) is 0. The van der Waals surface area contributed by atoms with Crippen molar-refractivity contribution in [1.29, 1.82) is 0 Å². The highest BCUT2D eigenvalue weighted by molar-refractivity contribution is 7.80. The van der Waals surface area contributed by atoms with E-state index in [9.17, 15) is 0 Å². The molecule has 0 aromatic carbocycles. The number of ether oxygens (including phenoxy) is 1. The number of hydrogen-bond acceptors (Lipinski definition) is 2. The van der Waals surface area contributed by atoms with Crippen molar-refractivity contribution in [1.82, 2.24) is 10.2 Å². The molecule has 0 saturated heterocycles. The molecule has 0 aromatic rings. The summed E-state index contributed by atoms with van der Waals surface area (Å²) in [4.78, 5) is 2.15. The summed E-state index contributed by atoms with van der Waals surface area (Å²) < 4.78 is 5.05. The fourth-order valence-corrected chi connectivity index (χ4v) is 1.52. The summed E-state index contributed by atoms with van der Waals surface area (Å²) in [6.07, 6.45) is 1.09. The van der Waals surface area contributed by atoms with Crippen molar-refractivity contribution in [2.75, 3.05) is 26.8 Å². The van der Waals surface area contributed by atoms with Crippen molar-refractivity contribution in [2.24, 2.45) is 0 Å². The van der Waals surface area contributed by atoms with Crippen molar-refractivity contribution in [3.8, 4) is 0 Å². The van der Waals surface area contributed by atoms with Gasteiger partial charge in [0, 0.05) is 26.2 Å². The topological polar surface area (TPSA) is 24.5 Å². The van der Waals surface area contributed by atoms with Crippen LogP contribution in [0.4, 0.5) is 0 Å². The molecule has 3 nitrogen and oxygen atoms in total. The lowest BCUT2D eigenvalue weighted by molar-refractivity contribution is 0.166. The van der Waals surface area contributed by atoms with Gasteiger partial charge in [-0.2, -0.15) is 0 Å². The monoisotopic (exact) mass is 218 g/mol. The molecule has 0 amide bonds. The molecule has 84 valence electrons. The smallest absolute Gasteiger partial charge is 0.169 e. The lowest BCUT2D eigenvalue weighted by Crippen LogP contribution is -2.45. The van der Waals surface area contributed by atoms with E-state index in [1.165, 1.54) is 0 Å². The summed E-state index contributed by atoms with van der Waals surface area (Å²) in [7, 11) is 1.71. The number of nitrogens with zero attached hydrogens (tertiary/aromatic N) is 1. The van der Waals surface area contributed by atoms with Crippen LogP contribution in [0, 0.1) is 0 Å². The lowest BCUT2D eigenvalue weighted by atomic mass is 10.3. The molecule has 0 saturated carbocycles. The maximum absolute atomic E-state index is 5.29. The quantitative estimate of drug-likeness (QED) is 0.685. The first-order valence-electron chi connectivity index (χ1n) is 5.16. The molecular weight excluding hydrogens is 196 g/mol. The second-order valence-corrected chi connectivity index (χ2v) is 3.90. The summed E-state index contributed by atoms with van der Waals surface area (Å²) in [6, 6.07) is 0.419. The maximum atomic E-state index is 5.29. The van der Waals surface area contributed by atoms with Gasteiger partial charge in [-0.25, -0.2) is 0 Å². The number of methoxy groups -OCH3 is 1. The minimum Gasteiger partial charge on any atom is -0.383 e. The average molecular weight is 218 g/mol. The Labute approximate surface area is 92.8 Å². The summed E-state index contributed by atoms with van der Waals surface area (Å²) >= 11 is 5.29. The van der Waals surface area contributed by atoms with E-state index in [-0.39, 0.29) is 0 Å². The van der Waals surface area contributed by atoms with E-state index in [0.29, 0.717) is 12.6 Å². The highest BCUT2D eigenvalue weighted by atomic mass is 32.1. The zero-order chi connectivity index (χ0) is 11.0. The van der Waals surface area contributed by atoms with Gasteiger partial charge in [-0.05, 0) is 32.5 Å². The fraction of sp³-hybridized carbons (Fsp3) is 0.900. The van der Waals surface area contributed by atoms with E-state index >= 15 is 0 Å². The van der Waals surface area contributed by atoms with Gasteiger partial charge >= 0.3 is 0 Å². The molecule has 0 atom stereocenters. The van der Waals surface area contributed by atoms with Crippen molar-refractivity contribution >= 4 is 17.3 Å². The molecule has 0 bridgehead atoms. The van der Waals surface area contributed by atoms with E-state index < -0.39 is 0 Å². The van der Waals surface area contributed by atoms with Gasteiger partial charge in [-0.15, -0.1) is 0 Å². The van der Waals surface area contributed by atoms with Crippen LogP contribution in [0.2, 0.25) is 0 Å². The molecular formula is C10H22N2OS. The van der Waals surface area contributed by atoms with Crippen molar-refractivity contribution < 1.29 is 4.74 Å². The third kappa shape index (κ3) is 5.40. The molecule has 0 aliphatic heterocycles. The zero-order valence-corrected chi connectivity index (χ0v) is 10.5. The van der Waals surface area contributed by atoms with Crippen molar-refractivity contribution in [3.63, 3.8) is 0 Å². The normalized spacial score (nSPS) is 10.4. The number of rotatable bonds is 6. The van der Waals surface area contributed by atoms with E-state index in [1.54, 1.807) is 7.11 Å². The average Bonchev–Trinajstić information content (AvgIpc) is 2.14. The molecule has 0 aliphatic carbocycles. The molecule has 0 aromatic heterocycles. The summed E-state index contributed by atoms with van der Waals surface area (Å²) in [5, 5.41) is 4.06. The highest BCUT2D eigenvalue weighted by Crippen LogP contribution is 1.98. The van der Waals surface area contributed by atoms with Gasteiger partial charge in [-0.3, -0.25) is 0 Å². The first-order valence-corrected chi connectivity index (χ1v) is 5.57. The molecule has 0 rings (SSSR count). The van der Waals surface area contributed by atoms with Gasteiger partial charge in [0.05, 0.1) is 6.61 Å². The van der Waals surface area contributed by atoms with Gasteiger partial charge in [0.25, 0.3) is 0 Å². The van der Waals surface area contributed by atoms with Gasteiger partial charge in [-0.1, -0.05) is 6.92 Å². The standard InChI is InChI=1S/C10H22N2OS/c1-5-6-11-10(14)12(9(2)3)7-8-13-4/h9H,5-8H2,1-4H3,(H,11,14). The van der Waals surface area contributed by atoms with Crippen LogP contribution < -0.4 is 5.32 Å². The van der Waals surface area contributed by atoms with Crippen molar-refractivity contribution in [2.45, 2.75) is 33.2 Å². The number of hydrogen-bond donors (Lipinski definition) is 1. The Hall–Kier alpha value is -0.350. The molecule has 0 unspecified atom stereocenters. The van der Waals surface area contributed by atoms with Crippen LogP contribution in [-0.2, 0) is 4.74 Å². The predicted octanol–water partition coefficient (Wildman–Crippen LogP) is 1.63. The van der Waals surface area contributed by atoms with Gasteiger partial charge < -0.3 is 15.0 Å². The molecule has 0 aliphatic rings. The van der Waals surface area contributed by atoms with Crippen LogP contribution in [0.3, 0.4) is 0 Å². The molecule has 0 spiro atoms. The molecule has 1 N–H and O–H groups in total. The minimum atomic E-state index is 0.419. The van der Waals surface area contributed by atoms with Crippen LogP contribution >= 0.6 is 12.2 Å². The summed E-state index contributed by atoms with van der Waals surface area (Å²) in [6.45, 7) is 8.90. The van der Waals surface area contributed by atoms with Crippen LogP contribution in [-0.4, -0.2) is 42.9 Å². The molecule has 14 heavy (non-hydrogen) atoms. The molecule has 0 fully saturated rings. The Balaban J connectivity index is 3.98. The Morgan fingerprint density at radius 3 is 2.57 bits per heavy atom. The first kappa shape index (κ1) is 13.7. The predicted molar refractivity (Wildman–Crippen MR) is 64.6 cm³/mol. The van der Waals surface area contributed by atoms with Crippen molar-refractivity contribution in [3.05, 3.63) is 0 Å². The van der Waals surface area contributed by atoms with E-state index in [1.807, 2.05) is 0 Å². The summed E-state index contributed by atoms with van der Waals surface area (Å²) in [5.41, 5.74) is 0. The van der Waals surface area contributed by atoms with Crippen LogP contribution in [0.5, 0.6) is 0 Å².